The maximum absolute atomic E-state index is 12.0. The van der Waals surface area contributed by atoms with Crippen LogP contribution in [0.5, 0.6) is 0 Å². The predicted octanol–water partition coefficient (Wildman–Crippen LogP) is 1.05. The van der Waals surface area contributed by atoms with Gasteiger partial charge in [0.15, 0.2) is 0 Å². The Bertz CT molecular complexity index is 801. The number of thioether (sulfide) groups is 2. The van der Waals surface area contributed by atoms with E-state index in [1.165, 1.54) is 0 Å². The summed E-state index contributed by atoms with van der Waals surface area (Å²) < 4.78 is 0. The lowest BCUT2D eigenvalue weighted by Crippen LogP contribution is -2.27. The Kier molecular flexibility index (Phi) is 5.99. The number of rotatable bonds is 6. The minimum Gasteiger partial charge on any atom is -0.326 e. The first kappa shape index (κ1) is 19.9. The van der Waals surface area contributed by atoms with Crippen molar-refractivity contribution in [1.29, 1.82) is 0 Å². The molecule has 146 valence electrons. The summed E-state index contributed by atoms with van der Waals surface area (Å²) in [5.41, 5.74) is 0.906. The van der Waals surface area contributed by atoms with Gasteiger partial charge in [-0.1, -0.05) is 23.5 Å². The van der Waals surface area contributed by atoms with Crippen LogP contribution in [0.15, 0.2) is 24.3 Å². The molecular weight excluding hydrogens is 408 g/mol. The van der Waals surface area contributed by atoms with Crippen molar-refractivity contribution >= 4 is 69.0 Å². The zero-order valence-electron chi connectivity index (χ0n) is 14.1. The molecule has 2 aliphatic rings. The highest BCUT2D eigenvalue weighted by atomic mass is 32.2. The minimum atomic E-state index is -0.747. The summed E-state index contributed by atoms with van der Waals surface area (Å²) in [5, 5.41) is 7.00. The monoisotopic (exact) mass is 422 g/mol. The van der Waals surface area contributed by atoms with E-state index in [4.69, 9.17) is 0 Å². The summed E-state index contributed by atoms with van der Waals surface area (Å²) >= 11 is 1.55. The number of hydrogen-bond donors (Lipinski definition) is 4. The Balaban J connectivity index is 1.48. The number of carbonyl (C=O) groups is 6. The van der Waals surface area contributed by atoms with Gasteiger partial charge < -0.3 is 10.6 Å². The smallest absolute Gasteiger partial charge is 0.286 e. The summed E-state index contributed by atoms with van der Waals surface area (Å²) in [7, 11) is 0. The molecule has 0 aromatic heterocycles. The molecule has 6 amide bonds. The van der Waals surface area contributed by atoms with Gasteiger partial charge in [-0.15, -0.1) is 0 Å². The first-order valence-corrected chi connectivity index (χ1v) is 9.79. The number of hydrogen-bond acceptors (Lipinski definition) is 8. The van der Waals surface area contributed by atoms with Gasteiger partial charge in [-0.05, 0) is 24.3 Å². The summed E-state index contributed by atoms with van der Waals surface area (Å²) in [6.45, 7) is 0. The average Bonchev–Trinajstić information content (AvgIpc) is 3.09. The highest BCUT2D eigenvalue weighted by Crippen LogP contribution is 2.24. The van der Waals surface area contributed by atoms with Crippen LogP contribution in [0.2, 0.25) is 0 Å². The number of benzene rings is 1. The number of carbonyl (C=O) groups excluding carboxylic acids is 6. The number of nitrogens with one attached hydrogen (secondary N) is 4. The lowest BCUT2D eigenvalue weighted by Gasteiger charge is -2.10. The molecule has 0 saturated carbocycles. The van der Waals surface area contributed by atoms with Gasteiger partial charge in [0.1, 0.15) is 10.5 Å². The van der Waals surface area contributed by atoms with Crippen LogP contribution in [0, 0.1) is 0 Å². The van der Waals surface area contributed by atoms with Gasteiger partial charge in [-0.25, -0.2) is 0 Å². The third-order valence-electron chi connectivity index (χ3n) is 3.73. The fourth-order valence-corrected chi connectivity index (χ4v) is 4.09. The molecule has 2 saturated heterocycles. The van der Waals surface area contributed by atoms with Crippen LogP contribution >= 0.6 is 23.5 Å². The van der Waals surface area contributed by atoms with Crippen molar-refractivity contribution in [2.24, 2.45) is 0 Å². The van der Waals surface area contributed by atoms with Gasteiger partial charge in [0.25, 0.3) is 10.5 Å². The van der Waals surface area contributed by atoms with E-state index < -0.39 is 44.6 Å². The van der Waals surface area contributed by atoms with Gasteiger partial charge >= 0.3 is 0 Å². The van der Waals surface area contributed by atoms with Gasteiger partial charge in [-0.2, -0.15) is 0 Å². The zero-order chi connectivity index (χ0) is 20.3. The van der Waals surface area contributed by atoms with Crippen molar-refractivity contribution in [3.8, 4) is 0 Å². The summed E-state index contributed by atoms with van der Waals surface area (Å²) in [5.74, 6) is -1.82. The lowest BCUT2D eigenvalue weighted by molar-refractivity contribution is -0.122. The second-order valence-electron chi connectivity index (χ2n) is 5.85. The molecule has 12 heteroatoms. The van der Waals surface area contributed by atoms with Crippen molar-refractivity contribution in [2.45, 2.75) is 23.3 Å². The molecular formula is C16H14N4O6S2. The molecule has 2 aliphatic heterocycles. The predicted molar refractivity (Wildman–Crippen MR) is 103 cm³/mol. The van der Waals surface area contributed by atoms with Crippen molar-refractivity contribution in [3.05, 3.63) is 24.3 Å². The molecule has 4 N–H and O–H groups in total. The molecule has 1 aromatic carbocycles. The second-order valence-corrected chi connectivity index (χ2v) is 8.20. The molecule has 3 rings (SSSR count). The van der Waals surface area contributed by atoms with Crippen molar-refractivity contribution in [2.75, 3.05) is 10.6 Å². The van der Waals surface area contributed by atoms with Gasteiger partial charge in [0.05, 0.1) is 0 Å². The SMILES string of the molecule is O=C(C[C@@H]1SC(=O)NC1=O)Nc1ccc(NC(=O)C[C@H]2SC(=O)NC2=O)cc1. The van der Waals surface area contributed by atoms with Crippen LogP contribution in [-0.2, 0) is 19.2 Å². The molecule has 2 fully saturated rings. The van der Waals surface area contributed by atoms with E-state index in [9.17, 15) is 28.8 Å². The van der Waals surface area contributed by atoms with Crippen LogP contribution in [0.3, 0.4) is 0 Å². The number of amides is 6. The van der Waals surface area contributed by atoms with Crippen LogP contribution in [0.4, 0.5) is 21.0 Å². The van der Waals surface area contributed by atoms with Crippen molar-refractivity contribution in [1.82, 2.24) is 10.6 Å². The molecule has 1 aromatic rings. The molecule has 0 spiro atoms. The third kappa shape index (κ3) is 5.10. The molecule has 0 radical (unpaired) electrons. The molecule has 2 atom stereocenters. The Morgan fingerprint density at radius 1 is 0.750 bits per heavy atom. The molecule has 0 bridgehead atoms. The summed E-state index contributed by atoms with van der Waals surface area (Å²) in [6.07, 6.45) is -0.277. The zero-order valence-corrected chi connectivity index (χ0v) is 15.8. The van der Waals surface area contributed by atoms with E-state index in [1.807, 2.05) is 0 Å². The summed E-state index contributed by atoms with van der Waals surface area (Å²) in [4.78, 5) is 69.1. The van der Waals surface area contributed by atoms with Crippen molar-refractivity contribution < 1.29 is 28.8 Å². The van der Waals surface area contributed by atoms with E-state index >= 15 is 0 Å². The van der Waals surface area contributed by atoms with Crippen LogP contribution in [0.1, 0.15) is 12.8 Å². The van der Waals surface area contributed by atoms with E-state index in [0.717, 1.165) is 23.5 Å². The van der Waals surface area contributed by atoms with Crippen molar-refractivity contribution in [3.63, 3.8) is 0 Å². The van der Waals surface area contributed by atoms with E-state index in [-0.39, 0.29) is 12.8 Å². The largest absolute Gasteiger partial charge is 0.326 e. The van der Waals surface area contributed by atoms with Crippen LogP contribution < -0.4 is 21.3 Å². The fraction of sp³-hybridized carbons (Fsp3) is 0.250. The Morgan fingerprint density at radius 3 is 1.39 bits per heavy atom. The fourth-order valence-electron chi connectivity index (χ4n) is 2.45. The van der Waals surface area contributed by atoms with E-state index in [2.05, 4.69) is 21.3 Å². The first-order chi connectivity index (χ1) is 13.3. The Hall–Kier alpha value is -2.86. The van der Waals surface area contributed by atoms with E-state index in [1.54, 1.807) is 24.3 Å². The highest BCUT2D eigenvalue weighted by Gasteiger charge is 2.34. The first-order valence-electron chi connectivity index (χ1n) is 8.03. The topological polar surface area (TPSA) is 151 Å². The van der Waals surface area contributed by atoms with Gasteiger partial charge in [0, 0.05) is 24.2 Å². The van der Waals surface area contributed by atoms with Gasteiger partial charge in [-0.3, -0.25) is 39.4 Å². The van der Waals surface area contributed by atoms with Gasteiger partial charge in [0.2, 0.25) is 23.6 Å². The number of anilines is 2. The molecule has 28 heavy (non-hydrogen) atoms. The Labute approximate surface area is 166 Å². The van der Waals surface area contributed by atoms with Crippen LogP contribution in [0.25, 0.3) is 0 Å². The summed E-state index contributed by atoms with van der Waals surface area (Å²) in [6, 6.07) is 6.23. The molecule has 0 aliphatic carbocycles. The maximum atomic E-state index is 12.0. The average molecular weight is 422 g/mol. The minimum absolute atomic E-state index is 0.138. The molecule has 2 heterocycles. The standard InChI is InChI=1S/C16H14N4O6S2/c21-11(5-9-13(23)19-15(25)27-9)17-7-1-2-8(4-3-7)18-12(22)6-10-14(24)20-16(26)28-10/h1-4,9-10H,5-6H2,(H,17,21)(H,18,22)(H,19,23,25)(H,20,24,26)/t9-,10+. The Morgan fingerprint density at radius 2 is 1.11 bits per heavy atom. The lowest BCUT2D eigenvalue weighted by atomic mass is 10.2. The van der Waals surface area contributed by atoms with Crippen LogP contribution in [-0.4, -0.2) is 44.6 Å². The normalized spacial score (nSPS) is 21.3. The maximum Gasteiger partial charge on any atom is 0.286 e. The van der Waals surface area contributed by atoms with E-state index in [0.29, 0.717) is 11.4 Å². The molecule has 10 nitrogen and oxygen atoms in total. The highest BCUT2D eigenvalue weighted by molar-refractivity contribution is 8.15. The number of imide groups is 2. The molecule has 0 unspecified atom stereocenters. The quantitative estimate of drug-likeness (QED) is 0.531. The second kappa shape index (κ2) is 8.44. The third-order valence-corrected chi connectivity index (χ3v) is 5.69.